The fourth-order valence-corrected chi connectivity index (χ4v) is 2.39. The number of allylic oxidation sites excluding steroid dienone is 6. The maximum atomic E-state index is 10.4. The molecular weight excluding hydrogens is 284 g/mol. The quantitative estimate of drug-likeness (QED) is 0.270. The number of hydrogen-bond donors (Lipinski definition) is 1. The summed E-state index contributed by atoms with van der Waals surface area (Å²) in [6.07, 6.45) is 25.1. The molecule has 1 atom stereocenters. The van der Waals surface area contributed by atoms with Gasteiger partial charge in [-0.3, -0.25) is 4.79 Å². The molecular formula is C21H36O2. The second kappa shape index (κ2) is 17.1. The first-order valence-electron chi connectivity index (χ1n) is 9.35. The van der Waals surface area contributed by atoms with Crippen molar-refractivity contribution in [2.75, 3.05) is 0 Å². The van der Waals surface area contributed by atoms with Gasteiger partial charge in [0, 0.05) is 6.42 Å². The molecule has 0 saturated heterocycles. The van der Waals surface area contributed by atoms with E-state index in [0.717, 1.165) is 44.9 Å². The van der Waals surface area contributed by atoms with Gasteiger partial charge in [0.2, 0.25) is 0 Å². The van der Waals surface area contributed by atoms with E-state index in [9.17, 15) is 4.79 Å². The van der Waals surface area contributed by atoms with Crippen LogP contribution in [0.4, 0.5) is 0 Å². The zero-order chi connectivity index (χ0) is 17.2. The monoisotopic (exact) mass is 320 g/mol. The highest BCUT2D eigenvalue weighted by atomic mass is 16.4. The van der Waals surface area contributed by atoms with Crippen molar-refractivity contribution < 1.29 is 9.90 Å². The molecule has 0 spiro atoms. The van der Waals surface area contributed by atoms with Crippen LogP contribution in [0.15, 0.2) is 36.5 Å². The van der Waals surface area contributed by atoms with Crippen LogP contribution in [0.3, 0.4) is 0 Å². The van der Waals surface area contributed by atoms with Crippen LogP contribution in [-0.2, 0) is 4.79 Å². The Bertz CT molecular complexity index is 353. The molecule has 0 rings (SSSR count). The predicted octanol–water partition coefficient (Wildman–Crippen LogP) is 6.69. The van der Waals surface area contributed by atoms with E-state index >= 15 is 0 Å². The summed E-state index contributed by atoms with van der Waals surface area (Å²) in [5.41, 5.74) is 0. The first-order valence-corrected chi connectivity index (χ1v) is 9.35. The maximum Gasteiger partial charge on any atom is 0.303 e. The van der Waals surface area contributed by atoms with Crippen molar-refractivity contribution in [3.63, 3.8) is 0 Å². The summed E-state index contributed by atoms with van der Waals surface area (Å²) in [6, 6.07) is 0. The molecule has 1 unspecified atom stereocenters. The number of carbonyl (C=O) groups is 1. The van der Waals surface area contributed by atoms with Crippen molar-refractivity contribution in [1.82, 2.24) is 0 Å². The molecule has 23 heavy (non-hydrogen) atoms. The van der Waals surface area contributed by atoms with Crippen molar-refractivity contribution in [3.8, 4) is 0 Å². The maximum absolute atomic E-state index is 10.4. The van der Waals surface area contributed by atoms with Gasteiger partial charge in [0.25, 0.3) is 0 Å². The van der Waals surface area contributed by atoms with Gasteiger partial charge in [0.15, 0.2) is 0 Å². The van der Waals surface area contributed by atoms with Gasteiger partial charge in [-0.25, -0.2) is 0 Å². The van der Waals surface area contributed by atoms with Crippen LogP contribution in [-0.4, -0.2) is 11.1 Å². The van der Waals surface area contributed by atoms with E-state index in [2.05, 4.69) is 50.3 Å². The van der Waals surface area contributed by atoms with Gasteiger partial charge < -0.3 is 5.11 Å². The Morgan fingerprint density at radius 1 is 0.913 bits per heavy atom. The second-order valence-corrected chi connectivity index (χ2v) is 6.31. The van der Waals surface area contributed by atoms with Crippen molar-refractivity contribution >= 4 is 5.97 Å². The van der Waals surface area contributed by atoms with Gasteiger partial charge in [-0.2, -0.15) is 0 Å². The van der Waals surface area contributed by atoms with Gasteiger partial charge in [-0.15, -0.1) is 0 Å². The highest BCUT2D eigenvalue weighted by molar-refractivity contribution is 5.66. The van der Waals surface area contributed by atoms with Crippen LogP contribution in [0.2, 0.25) is 0 Å². The third kappa shape index (κ3) is 18.6. The van der Waals surface area contributed by atoms with E-state index in [0.29, 0.717) is 12.3 Å². The van der Waals surface area contributed by atoms with Crippen molar-refractivity contribution in [1.29, 1.82) is 0 Å². The summed E-state index contributed by atoms with van der Waals surface area (Å²) < 4.78 is 0. The molecule has 0 radical (unpaired) electrons. The summed E-state index contributed by atoms with van der Waals surface area (Å²) in [5, 5.41) is 8.53. The molecule has 0 aliphatic carbocycles. The lowest BCUT2D eigenvalue weighted by Gasteiger charge is -2.02. The number of aliphatic carboxylic acids is 1. The lowest BCUT2D eigenvalue weighted by atomic mass is 10.0. The Kier molecular flexibility index (Phi) is 16.1. The summed E-state index contributed by atoms with van der Waals surface area (Å²) in [6.45, 7) is 4.53. The molecule has 0 aromatic carbocycles. The summed E-state index contributed by atoms with van der Waals surface area (Å²) in [5.74, 6) is 0.0284. The number of rotatable bonds is 15. The Morgan fingerprint density at radius 2 is 1.57 bits per heavy atom. The van der Waals surface area contributed by atoms with Gasteiger partial charge >= 0.3 is 5.97 Å². The average Bonchev–Trinajstić information content (AvgIpc) is 2.52. The molecule has 0 aliphatic heterocycles. The Labute approximate surface area is 143 Å². The Balaban J connectivity index is 3.41. The number of unbranched alkanes of at least 4 members (excludes halogenated alkanes) is 5. The van der Waals surface area contributed by atoms with Crippen LogP contribution < -0.4 is 0 Å². The van der Waals surface area contributed by atoms with Crippen molar-refractivity contribution in [3.05, 3.63) is 36.5 Å². The molecule has 0 heterocycles. The molecule has 0 aromatic heterocycles. The number of hydrogen-bond acceptors (Lipinski definition) is 1. The third-order valence-electron chi connectivity index (χ3n) is 3.87. The van der Waals surface area contributed by atoms with E-state index in [1.807, 2.05) is 0 Å². The van der Waals surface area contributed by atoms with Crippen molar-refractivity contribution in [2.24, 2.45) is 5.92 Å². The minimum absolute atomic E-state index is 0.312. The third-order valence-corrected chi connectivity index (χ3v) is 3.87. The van der Waals surface area contributed by atoms with Gasteiger partial charge in [-0.1, -0.05) is 76.0 Å². The van der Waals surface area contributed by atoms with Gasteiger partial charge in [0.1, 0.15) is 0 Å². The van der Waals surface area contributed by atoms with E-state index in [1.54, 1.807) is 0 Å². The Morgan fingerprint density at radius 3 is 2.26 bits per heavy atom. The van der Waals surface area contributed by atoms with Gasteiger partial charge in [-0.05, 0) is 44.4 Å². The molecule has 0 amide bonds. The molecule has 0 bridgehead atoms. The second-order valence-electron chi connectivity index (χ2n) is 6.31. The summed E-state index contributed by atoms with van der Waals surface area (Å²) in [4.78, 5) is 10.4. The zero-order valence-corrected chi connectivity index (χ0v) is 15.2. The van der Waals surface area contributed by atoms with Crippen LogP contribution in [0.1, 0.15) is 84.5 Å². The Hall–Kier alpha value is -1.31. The van der Waals surface area contributed by atoms with Crippen molar-refractivity contribution in [2.45, 2.75) is 84.5 Å². The van der Waals surface area contributed by atoms with Gasteiger partial charge in [0.05, 0.1) is 0 Å². The van der Waals surface area contributed by atoms with Crippen LogP contribution in [0.25, 0.3) is 0 Å². The molecule has 1 N–H and O–H groups in total. The fourth-order valence-electron chi connectivity index (χ4n) is 2.39. The minimum atomic E-state index is -0.679. The first kappa shape index (κ1) is 21.7. The lowest BCUT2D eigenvalue weighted by Crippen LogP contribution is -1.93. The smallest absolute Gasteiger partial charge is 0.303 e. The number of carboxylic acids is 1. The highest BCUT2D eigenvalue weighted by Gasteiger charge is 1.95. The molecule has 132 valence electrons. The SMILES string of the molecule is CCCCC(C)C=CCC=CC/C=C/CCCCCCC(=O)O. The minimum Gasteiger partial charge on any atom is -0.481 e. The standard InChI is InChI=1S/C21H36O2/c1-3-4-17-20(2)18-15-13-11-9-7-5-6-8-10-12-14-16-19-21(22)23/h5-6,9,11,15,18,20H,3-4,7-8,10,12-14,16-17,19H2,1-2H3,(H,22,23)/b6-5+,11-9?,18-15?. The molecule has 2 heteroatoms. The lowest BCUT2D eigenvalue weighted by molar-refractivity contribution is -0.137. The first-order chi connectivity index (χ1) is 11.2. The molecule has 0 saturated carbocycles. The van der Waals surface area contributed by atoms with E-state index < -0.39 is 5.97 Å². The molecule has 0 aliphatic rings. The number of carboxylic acid groups (broad SMARTS) is 1. The zero-order valence-electron chi connectivity index (χ0n) is 15.2. The van der Waals surface area contributed by atoms with E-state index in [-0.39, 0.29) is 0 Å². The summed E-state index contributed by atoms with van der Waals surface area (Å²) >= 11 is 0. The van der Waals surface area contributed by atoms with Crippen LogP contribution in [0, 0.1) is 5.92 Å². The molecule has 0 fully saturated rings. The molecule has 0 aromatic rings. The highest BCUT2D eigenvalue weighted by Crippen LogP contribution is 2.09. The average molecular weight is 321 g/mol. The van der Waals surface area contributed by atoms with E-state index in [4.69, 9.17) is 5.11 Å². The predicted molar refractivity (Wildman–Crippen MR) is 101 cm³/mol. The van der Waals surface area contributed by atoms with Crippen LogP contribution >= 0.6 is 0 Å². The largest absolute Gasteiger partial charge is 0.481 e. The van der Waals surface area contributed by atoms with Crippen LogP contribution in [0.5, 0.6) is 0 Å². The fraction of sp³-hybridized carbons (Fsp3) is 0.667. The van der Waals surface area contributed by atoms with E-state index in [1.165, 1.54) is 19.3 Å². The normalized spacial score (nSPS) is 13.5. The summed E-state index contributed by atoms with van der Waals surface area (Å²) in [7, 11) is 0. The topological polar surface area (TPSA) is 37.3 Å². The molecule has 2 nitrogen and oxygen atoms in total.